The molecule has 0 saturated heterocycles. The van der Waals surface area contributed by atoms with E-state index in [1.54, 1.807) is 11.3 Å². The van der Waals surface area contributed by atoms with Crippen LogP contribution in [0.25, 0.3) is 0 Å². The SMILES string of the molecule is Cc1nc(CC2(O)CCC2C)sc1C. The van der Waals surface area contributed by atoms with E-state index in [1.165, 1.54) is 4.88 Å². The lowest BCUT2D eigenvalue weighted by Gasteiger charge is -2.43. The Hall–Kier alpha value is -0.410. The highest BCUT2D eigenvalue weighted by molar-refractivity contribution is 7.11. The number of hydrogen-bond acceptors (Lipinski definition) is 3. The smallest absolute Gasteiger partial charge is 0.0959 e. The van der Waals surface area contributed by atoms with Crippen LogP contribution in [0, 0.1) is 19.8 Å². The Labute approximate surface area is 89.0 Å². The van der Waals surface area contributed by atoms with Gasteiger partial charge in [-0.3, -0.25) is 0 Å². The molecule has 2 unspecified atom stereocenters. The molecule has 3 heteroatoms. The van der Waals surface area contributed by atoms with Crippen molar-refractivity contribution in [3.63, 3.8) is 0 Å². The lowest BCUT2D eigenvalue weighted by molar-refractivity contribution is -0.0851. The Morgan fingerprint density at radius 3 is 2.64 bits per heavy atom. The molecule has 1 N–H and O–H groups in total. The highest BCUT2D eigenvalue weighted by Gasteiger charge is 2.42. The third-order valence-electron chi connectivity index (χ3n) is 3.46. The summed E-state index contributed by atoms with van der Waals surface area (Å²) in [4.78, 5) is 5.74. The van der Waals surface area contributed by atoms with Crippen molar-refractivity contribution in [2.24, 2.45) is 5.92 Å². The van der Waals surface area contributed by atoms with Crippen molar-refractivity contribution in [1.82, 2.24) is 4.98 Å². The van der Waals surface area contributed by atoms with Crippen LogP contribution in [0.5, 0.6) is 0 Å². The van der Waals surface area contributed by atoms with Gasteiger partial charge >= 0.3 is 0 Å². The van der Waals surface area contributed by atoms with Gasteiger partial charge in [0.2, 0.25) is 0 Å². The summed E-state index contributed by atoms with van der Waals surface area (Å²) in [6.07, 6.45) is 2.83. The largest absolute Gasteiger partial charge is 0.389 e. The van der Waals surface area contributed by atoms with E-state index in [4.69, 9.17) is 0 Å². The lowest BCUT2D eigenvalue weighted by atomic mass is 9.69. The quantitative estimate of drug-likeness (QED) is 0.815. The third kappa shape index (κ3) is 1.59. The van der Waals surface area contributed by atoms with Crippen LogP contribution in [0.4, 0.5) is 0 Å². The van der Waals surface area contributed by atoms with Gasteiger partial charge in [0, 0.05) is 11.3 Å². The van der Waals surface area contributed by atoms with Crippen molar-refractivity contribution in [2.45, 2.75) is 45.6 Å². The van der Waals surface area contributed by atoms with Crippen LogP contribution in [0.2, 0.25) is 0 Å². The average molecular weight is 211 g/mol. The Morgan fingerprint density at radius 1 is 1.57 bits per heavy atom. The van der Waals surface area contributed by atoms with Gasteiger partial charge in [0.05, 0.1) is 16.3 Å². The minimum Gasteiger partial charge on any atom is -0.389 e. The van der Waals surface area contributed by atoms with Crippen LogP contribution in [0.1, 0.15) is 35.3 Å². The van der Waals surface area contributed by atoms with E-state index in [9.17, 15) is 5.11 Å². The van der Waals surface area contributed by atoms with Gasteiger partial charge in [0.15, 0.2) is 0 Å². The molecule has 0 aromatic carbocycles. The first-order valence-corrected chi connectivity index (χ1v) is 5.98. The fraction of sp³-hybridized carbons (Fsp3) is 0.727. The van der Waals surface area contributed by atoms with Gasteiger partial charge in [-0.25, -0.2) is 4.98 Å². The van der Waals surface area contributed by atoms with Gasteiger partial charge < -0.3 is 5.11 Å². The van der Waals surface area contributed by atoms with Crippen molar-refractivity contribution in [1.29, 1.82) is 0 Å². The maximum atomic E-state index is 10.2. The first kappa shape index (κ1) is 10.1. The summed E-state index contributed by atoms with van der Waals surface area (Å²) in [5.74, 6) is 0.437. The molecule has 78 valence electrons. The zero-order chi connectivity index (χ0) is 10.3. The number of hydrogen-bond donors (Lipinski definition) is 1. The molecule has 1 heterocycles. The number of thiazole rings is 1. The summed E-state index contributed by atoms with van der Waals surface area (Å²) in [6, 6.07) is 0. The molecule has 1 aromatic rings. The number of nitrogens with zero attached hydrogens (tertiary/aromatic N) is 1. The topological polar surface area (TPSA) is 33.1 Å². The van der Waals surface area contributed by atoms with Crippen molar-refractivity contribution in [3.05, 3.63) is 15.6 Å². The summed E-state index contributed by atoms with van der Waals surface area (Å²) < 4.78 is 0. The first-order chi connectivity index (χ1) is 6.51. The fourth-order valence-electron chi connectivity index (χ4n) is 1.91. The maximum Gasteiger partial charge on any atom is 0.0959 e. The molecular weight excluding hydrogens is 194 g/mol. The number of rotatable bonds is 2. The minimum absolute atomic E-state index is 0.437. The van der Waals surface area contributed by atoms with E-state index in [0.29, 0.717) is 5.92 Å². The maximum absolute atomic E-state index is 10.2. The molecule has 0 radical (unpaired) electrons. The van der Waals surface area contributed by atoms with E-state index in [2.05, 4.69) is 18.8 Å². The predicted octanol–water partition coefficient (Wildman–Crippen LogP) is 2.46. The second-order valence-electron chi connectivity index (χ2n) is 4.47. The predicted molar refractivity (Wildman–Crippen MR) is 58.6 cm³/mol. The standard InChI is InChI=1S/C11H17NOS/c1-7-4-5-11(7,13)6-10-12-8(2)9(3)14-10/h7,13H,4-6H2,1-3H3. The van der Waals surface area contributed by atoms with E-state index >= 15 is 0 Å². The fourth-order valence-corrected chi connectivity index (χ4v) is 2.96. The van der Waals surface area contributed by atoms with Gasteiger partial charge in [-0.15, -0.1) is 11.3 Å². The molecule has 0 amide bonds. The van der Waals surface area contributed by atoms with Crippen LogP contribution in [-0.4, -0.2) is 15.7 Å². The number of aliphatic hydroxyl groups is 1. The van der Waals surface area contributed by atoms with E-state index in [-0.39, 0.29) is 0 Å². The highest BCUT2D eigenvalue weighted by atomic mass is 32.1. The highest BCUT2D eigenvalue weighted by Crippen LogP contribution is 2.41. The Balaban J connectivity index is 2.11. The third-order valence-corrected chi connectivity index (χ3v) is 4.53. The van der Waals surface area contributed by atoms with Gasteiger partial charge in [0.1, 0.15) is 0 Å². The van der Waals surface area contributed by atoms with Crippen molar-refractivity contribution >= 4 is 11.3 Å². The second kappa shape index (κ2) is 3.31. The van der Waals surface area contributed by atoms with Crippen molar-refractivity contribution in [2.75, 3.05) is 0 Å². The molecule has 1 saturated carbocycles. The molecule has 1 aliphatic carbocycles. The Bertz CT molecular complexity index is 328. The molecule has 1 aromatic heterocycles. The van der Waals surface area contributed by atoms with Crippen LogP contribution in [0.15, 0.2) is 0 Å². The van der Waals surface area contributed by atoms with Gasteiger partial charge in [-0.1, -0.05) is 6.92 Å². The molecule has 2 rings (SSSR count). The Morgan fingerprint density at radius 2 is 2.29 bits per heavy atom. The van der Waals surface area contributed by atoms with Crippen molar-refractivity contribution in [3.8, 4) is 0 Å². The zero-order valence-electron chi connectivity index (χ0n) is 9.00. The normalized spacial score (nSPS) is 31.6. The van der Waals surface area contributed by atoms with E-state index in [0.717, 1.165) is 30.0 Å². The number of aromatic nitrogens is 1. The van der Waals surface area contributed by atoms with E-state index < -0.39 is 5.60 Å². The second-order valence-corrected chi connectivity index (χ2v) is 5.76. The molecule has 2 nitrogen and oxygen atoms in total. The summed E-state index contributed by atoms with van der Waals surface area (Å²) >= 11 is 1.72. The van der Waals surface area contributed by atoms with Crippen LogP contribution in [-0.2, 0) is 6.42 Å². The molecule has 2 atom stereocenters. The van der Waals surface area contributed by atoms with Crippen molar-refractivity contribution < 1.29 is 5.11 Å². The van der Waals surface area contributed by atoms with Crippen LogP contribution in [0.3, 0.4) is 0 Å². The van der Waals surface area contributed by atoms with E-state index in [1.807, 2.05) is 6.92 Å². The summed E-state index contributed by atoms with van der Waals surface area (Å²) in [6.45, 7) is 6.24. The number of aryl methyl sites for hydroxylation is 2. The molecular formula is C11H17NOS. The first-order valence-electron chi connectivity index (χ1n) is 5.16. The van der Waals surface area contributed by atoms with Gasteiger partial charge in [-0.2, -0.15) is 0 Å². The molecule has 0 aliphatic heterocycles. The summed E-state index contributed by atoms with van der Waals surface area (Å²) in [5, 5.41) is 11.3. The molecule has 1 fully saturated rings. The van der Waals surface area contributed by atoms with Gasteiger partial charge in [-0.05, 0) is 32.6 Å². The van der Waals surface area contributed by atoms with Gasteiger partial charge in [0.25, 0.3) is 0 Å². The summed E-state index contributed by atoms with van der Waals surface area (Å²) in [5.41, 5.74) is 0.650. The minimum atomic E-state index is -0.462. The average Bonchev–Trinajstić information content (AvgIpc) is 2.43. The monoisotopic (exact) mass is 211 g/mol. The van der Waals surface area contributed by atoms with Crippen LogP contribution >= 0.6 is 11.3 Å². The summed E-state index contributed by atoms with van der Waals surface area (Å²) in [7, 11) is 0. The molecule has 14 heavy (non-hydrogen) atoms. The molecule has 1 aliphatic rings. The Kier molecular flexibility index (Phi) is 2.40. The lowest BCUT2D eigenvalue weighted by Crippen LogP contribution is -2.47. The zero-order valence-corrected chi connectivity index (χ0v) is 9.82. The molecule has 0 spiro atoms. The molecule has 0 bridgehead atoms. The van der Waals surface area contributed by atoms with Crippen LogP contribution < -0.4 is 0 Å².